The van der Waals surface area contributed by atoms with E-state index in [0.717, 1.165) is 19.4 Å². The first kappa shape index (κ1) is 12.4. The lowest BCUT2D eigenvalue weighted by Crippen LogP contribution is -2.40. The monoisotopic (exact) mass is 256 g/mol. The lowest BCUT2D eigenvalue weighted by Gasteiger charge is -2.35. The minimum Gasteiger partial charge on any atom is -0.381 e. The summed E-state index contributed by atoms with van der Waals surface area (Å²) in [5.74, 6) is 1.29. The number of hydrogen-bond acceptors (Lipinski definition) is 5. The highest BCUT2D eigenvalue weighted by Gasteiger charge is 2.29. The summed E-state index contributed by atoms with van der Waals surface area (Å²) in [6.45, 7) is 2.79. The molecule has 0 unspecified atom stereocenters. The van der Waals surface area contributed by atoms with E-state index in [4.69, 9.17) is 16.3 Å². The zero-order chi connectivity index (χ0) is 12.3. The van der Waals surface area contributed by atoms with Gasteiger partial charge in [0.1, 0.15) is 5.02 Å². The molecule has 0 aromatic carbocycles. The SMILES string of the molecule is CCNc1ncc(Cl)c(NC2CC(OC)C2)n1. The maximum atomic E-state index is 6.05. The van der Waals surface area contributed by atoms with Crippen LogP contribution in [0.2, 0.25) is 5.02 Å². The van der Waals surface area contributed by atoms with Crippen molar-refractivity contribution in [3.8, 4) is 0 Å². The van der Waals surface area contributed by atoms with Gasteiger partial charge in [-0.05, 0) is 19.8 Å². The molecule has 0 amide bonds. The van der Waals surface area contributed by atoms with Crippen LogP contribution in [0.3, 0.4) is 0 Å². The summed E-state index contributed by atoms with van der Waals surface area (Å²) in [6, 6.07) is 0.391. The van der Waals surface area contributed by atoms with E-state index >= 15 is 0 Å². The van der Waals surface area contributed by atoms with Crippen LogP contribution in [0.15, 0.2) is 6.20 Å². The number of nitrogens with zero attached hydrogens (tertiary/aromatic N) is 2. The van der Waals surface area contributed by atoms with Crippen molar-refractivity contribution in [3.63, 3.8) is 0 Å². The quantitative estimate of drug-likeness (QED) is 0.845. The average molecular weight is 257 g/mol. The Kier molecular flexibility index (Phi) is 4.02. The van der Waals surface area contributed by atoms with Crippen molar-refractivity contribution in [2.75, 3.05) is 24.3 Å². The van der Waals surface area contributed by atoms with Crippen molar-refractivity contribution >= 4 is 23.4 Å². The molecular weight excluding hydrogens is 240 g/mol. The van der Waals surface area contributed by atoms with Crippen LogP contribution in [0.4, 0.5) is 11.8 Å². The Balaban J connectivity index is 1.97. The Morgan fingerprint density at radius 2 is 2.29 bits per heavy atom. The third-order valence-electron chi connectivity index (χ3n) is 2.85. The fourth-order valence-corrected chi connectivity index (χ4v) is 1.93. The Bertz CT molecular complexity index is 382. The minimum absolute atomic E-state index is 0.362. The second-order valence-corrected chi connectivity index (χ2v) is 4.50. The third-order valence-corrected chi connectivity index (χ3v) is 3.12. The second kappa shape index (κ2) is 5.51. The molecule has 0 spiro atoms. The number of methoxy groups -OCH3 is 1. The number of ether oxygens (including phenoxy) is 1. The molecule has 1 aromatic heterocycles. The highest BCUT2D eigenvalue weighted by atomic mass is 35.5. The molecule has 5 nitrogen and oxygen atoms in total. The van der Waals surface area contributed by atoms with Gasteiger partial charge in [0.15, 0.2) is 5.82 Å². The summed E-state index contributed by atoms with van der Waals surface area (Å²) in [5.41, 5.74) is 0. The summed E-state index contributed by atoms with van der Waals surface area (Å²) >= 11 is 6.05. The van der Waals surface area contributed by atoms with Crippen LogP contribution in [0, 0.1) is 0 Å². The molecule has 1 heterocycles. The molecule has 6 heteroatoms. The van der Waals surface area contributed by atoms with Crippen LogP contribution in [-0.4, -0.2) is 35.8 Å². The predicted molar refractivity (Wildman–Crippen MR) is 68.6 cm³/mol. The molecule has 0 bridgehead atoms. The van der Waals surface area contributed by atoms with E-state index in [1.165, 1.54) is 0 Å². The van der Waals surface area contributed by atoms with Crippen LogP contribution >= 0.6 is 11.6 Å². The van der Waals surface area contributed by atoms with Crippen molar-refractivity contribution in [2.24, 2.45) is 0 Å². The molecule has 0 aliphatic heterocycles. The first-order valence-electron chi connectivity index (χ1n) is 5.78. The molecular formula is C11H17ClN4O. The number of rotatable bonds is 5. The lowest BCUT2D eigenvalue weighted by molar-refractivity contribution is 0.0328. The van der Waals surface area contributed by atoms with Crippen molar-refractivity contribution in [1.82, 2.24) is 9.97 Å². The molecule has 1 aliphatic carbocycles. The van der Waals surface area contributed by atoms with Crippen molar-refractivity contribution in [2.45, 2.75) is 31.9 Å². The molecule has 17 heavy (non-hydrogen) atoms. The largest absolute Gasteiger partial charge is 0.381 e. The van der Waals surface area contributed by atoms with Gasteiger partial charge in [-0.3, -0.25) is 0 Å². The second-order valence-electron chi connectivity index (χ2n) is 4.09. The first-order chi connectivity index (χ1) is 8.22. The summed E-state index contributed by atoms with van der Waals surface area (Å²) in [7, 11) is 1.74. The minimum atomic E-state index is 0.362. The topological polar surface area (TPSA) is 59.1 Å². The zero-order valence-corrected chi connectivity index (χ0v) is 10.8. The number of aromatic nitrogens is 2. The number of hydrogen-bond donors (Lipinski definition) is 2. The summed E-state index contributed by atoms with van der Waals surface area (Å²) in [6.07, 6.45) is 3.96. The standard InChI is InChI=1S/C11H17ClN4O/c1-3-13-11-14-6-9(12)10(16-11)15-7-4-8(5-7)17-2/h6-8H,3-5H2,1-2H3,(H2,13,14,15,16). The molecule has 0 radical (unpaired) electrons. The molecule has 0 saturated heterocycles. The van der Waals surface area contributed by atoms with Gasteiger partial charge < -0.3 is 15.4 Å². The highest BCUT2D eigenvalue weighted by Crippen LogP contribution is 2.28. The molecule has 1 fully saturated rings. The van der Waals surface area contributed by atoms with Gasteiger partial charge in [0.05, 0.1) is 12.3 Å². The molecule has 2 N–H and O–H groups in total. The number of nitrogens with one attached hydrogen (secondary N) is 2. The summed E-state index contributed by atoms with van der Waals surface area (Å²) in [5, 5.41) is 6.91. The molecule has 1 aliphatic rings. The number of anilines is 2. The van der Waals surface area contributed by atoms with E-state index in [2.05, 4.69) is 20.6 Å². The van der Waals surface area contributed by atoms with Crippen LogP contribution in [0.1, 0.15) is 19.8 Å². The van der Waals surface area contributed by atoms with E-state index in [1.54, 1.807) is 13.3 Å². The van der Waals surface area contributed by atoms with E-state index in [-0.39, 0.29) is 0 Å². The van der Waals surface area contributed by atoms with Gasteiger partial charge in [0, 0.05) is 19.7 Å². The van der Waals surface area contributed by atoms with E-state index in [9.17, 15) is 0 Å². The van der Waals surface area contributed by atoms with E-state index in [1.807, 2.05) is 6.92 Å². The molecule has 2 rings (SSSR count). The maximum absolute atomic E-state index is 6.05. The van der Waals surface area contributed by atoms with Crippen molar-refractivity contribution < 1.29 is 4.74 Å². The average Bonchev–Trinajstić information content (AvgIpc) is 2.27. The molecule has 0 atom stereocenters. The molecule has 1 aromatic rings. The number of halogens is 1. The van der Waals surface area contributed by atoms with Crippen LogP contribution in [0.25, 0.3) is 0 Å². The van der Waals surface area contributed by atoms with Crippen molar-refractivity contribution in [3.05, 3.63) is 11.2 Å². The fraction of sp³-hybridized carbons (Fsp3) is 0.636. The Morgan fingerprint density at radius 1 is 1.53 bits per heavy atom. The van der Waals surface area contributed by atoms with Crippen LogP contribution in [0.5, 0.6) is 0 Å². The van der Waals surface area contributed by atoms with Gasteiger partial charge >= 0.3 is 0 Å². The van der Waals surface area contributed by atoms with E-state index < -0.39 is 0 Å². The fourth-order valence-electron chi connectivity index (χ4n) is 1.78. The molecule has 94 valence electrons. The third kappa shape index (κ3) is 2.98. The van der Waals surface area contributed by atoms with Crippen LogP contribution < -0.4 is 10.6 Å². The van der Waals surface area contributed by atoms with Crippen LogP contribution in [-0.2, 0) is 4.74 Å². The van der Waals surface area contributed by atoms with Gasteiger partial charge in [-0.25, -0.2) is 4.98 Å². The smallest absolute Gasteiger partial charge is 0.224 e. The summed E-state index contributed by atoms with van der Waals surface area (Å²) in [4.78, 5) is 8.42. The molecule has 1 saturated carbocycles. The zero-order valence-electron chi connectivity index (χ0n) is 10.0. The lowest BCUT2D eigenvalue weighted by atomic mass is 9.89. The van der Waals surface area contributed by atoms with Gasteiger partial charge in [-0.15, -0.1) is 0 Å². The Hall–Kier alpha value is -1.07. The van der Waals surface area contributed by atoms with E-state index in [0.29, 0.717) is 28.9 Å². The van der Waals surface area contributed by atoms with Gasteiger partial charge in [-0.1, -0.05) is 11.6 Å². The first-order valence-corrected chi connectivity index (χ1v) is 6.16. The predicted octanol–water partition coefficient (Wildman–Crippen LogP) is 2.15. The maximum Gasteiger partial charge on any atom is 0.224 e. The van der Waals surface area contributed by atoms with Crippen molar-refractivity contribution in [1.29, 1.82) is 0 Å². The Labute approximate surface area is 106 Å². The summed E-state index contributed by atoms with van der Waals surface area (Å²) < 4.78 is 5.23. The normalized spacial score (nSPS) is 23.0. The van der Waals surface area contributed by atoms with Gasteiger partial charge in [0.2, 0.25) is 5.95 Å². The van der Waals surface area contributed by atoms with Gasteiger partial charge in [-0.2, -0.15) is 4.98 Å². The highest BCUT2D eigenvalue weighted by molar-refractivity contribution is 6.32. The Morgan fingerprint density at radius 3 is 2.94 bits per heavy atom. The van der Waals surface area contributed by atoms with Gasteiger partial charge in [0.25, 0.3) is 0 Å².